The lowest BCUT2D eigenvalue weighted by molar-refractivity contribution is 0.139. The van der Waals surface area contributed by atoms with Crippen molar-refractivity contribution in [3.05, 3.63) is 54.0 Å². The van der Waals surface area contributed by atoms with Gasteiger partial charge in [-0.15, -0.1) is 0 Å². The molecule has 0 aliphatic carbocycles. The lowest BCUT2D eigenvalue weighted by atomic mass is 9.95. The minimum atomic E-state index is 0.0207. The van der Waals surface area contributed by atoms with E-state index in [1.54, 1.807) is 13.4 Å². The van der Waals surface area contributed by atoms with E-state index in [2.05, 4.69) is 22.3 Å². The van der Waals surface area contributed by atoms with Gasteiger partial charge in [0.1, 0.15) is 11.5 Å². The van der Waals surface area contributed by atoms with Crippen LogP contribution in [0.3, 0.4) is 0 Å². The Kier molecular flexibility index (Phi) is 5.34. The Morgan fingerprint density at radius 2 is 2.04 bits per heavy atom. The Morgan fingerprint density at radius 1 is 1.19 bits per heavy atom. The highest BCUT2D eigenvalue weighted by molar-refractivity contribution is 5.74. The fraction of sp³-hybridized carbons (Fsp3) is 0.476. The fourth-order valence-electron chi connectivity index (χ4n) is 4.22. The van der Waals surface area contributed by atoms with Gasteiger partial charge in [-0.3, -0.25) is 4.90 Å². The predicted molar refractivity (Wildman–Crippen MR) is 102 cm³/mol. The maximum absolute atomic E-state index is 12.7. The lowest BCUT2D eigenvalue weighted by Gasteiger charge is -2.36. The number of urea groups is 1. The molecule has 2 aromatic rings. The molecule has 27 heavy (non-hydrogen) atoms. The molecule has 2 unspecified atom stereocenters. The Labute approximate surface area is 160 Å². The van der Waals surface area contributed by atoms with Gasteiger partial charge in [-0.1, -0.05) is 12.1 Å². The number of hydrogen-bond donors (Lipinski definition) is 1. The molecule has 3 aliphatic rings. The topological polar surface area (TPSA) is 58.0 Å². The minimum absolute atomic E-state index is 0.0207. The van der Waals surface area contributed by atoms with Crippen LogP contribution < -0.4 is 10.1 Å². The van der Waals surface area contributed by atoms with E-state index in [0.29, 0.717) is 12.5 Å². The zero-order valence-corrected chi connectivity index (χ0v) is 15.8. The third kappa shape index (κ3) is 4.27. The summed E-state index contributed by atoms with van der Waals surface area (Å²) in [5.74, 6) is 2.20. The monoisotopic (exact) mass is 369 g/mol. The summed E-state index contributed by atoms with van der Waals surface area (Å²) in [5.41, 5.74) is 1.28. The van der Waals surface area contributed by atoms with Gasteiger partial charge in [0.2, 0.25) is 0 Å². The molecule has 0 spiro atoms. The highest BCUT2D eigenvalue weighted by Crippen LogP contribution is 2.29. The molecule has 3 aliphatic heterocycles. The molecule has 4 heterocycles. The van der Waals surface area contributed by atoms with Crippen LogP contribution in [0.2, 0.25) is 0 Å². The maximum atomic E-state index is 12.7. The molecule has 144 valence electrons. The van der Waals surface area contributed by atoms with Crippen LogP contribution in [0.5, 0.6) is 5.75 Å². The van der Waals surface area contributed by atoms with Gasteiger partial charge in [0.05, 0.1) is 19.9 Å². The first-order valence-electron chi connectivity index (χ1n) is 9.63. The summed E-state index contributed by atoms with van der Waals surface area (Å²) in [6, 6.07) is 12.3. The van der Waals surface area contributed by atoms with Gasteiger partial charge in [-0.25, -0.2) is 4.79 Å². The number of rotatable bonds is 5. The lowest BCUT2D eigenvalue weighted by Crippen LogP contribution is -2.51. The molecular weight excluding hydrogens is 342 g/mol. The third-order valence-corrected chi connectivity index (χ3v) is 5.61. The number of ether oxygens (including phenoxy) is 1. The zero-order chi connectivity index (χ0) is 18.6. The van der Waals surface area contributed by atoms with Crippen molar-refractivity contribution < 1.29 is 13.9 Å². The summed E-state index contributed by atoms with van der Waals surface area (Å²) in [6.07, 6.45) is 3.91. The van der Waals surface area contributed by atoms with E-state index < -0.39 is 0 Å². The van der Waals surface area contributed by atoms with Crippen molar-refractivity contribution in [3.8, 4) is 5.75 Å². The quantitative estimate of drug-likeness (QED) is 0.880. The van der Waals surface area contributed by atoms with Crippen LogP contribution in [0.25, 0.3) is 0 Å². The van der Waals surface area contributed by atoms with Crippen LogP contribution >= 0.6 is 0 Å². The van der Waals surface area contributed by atoms with Gasteiger partial charge in [0, 0.05) is 32.2 Å². The highest BCUT2D eigenvalue weighted by Gasteiger charge is 2.37. The first-order chi connectivity index (χ1) is 13.2. The third-order valence-electron chi connectivity index (χ3n) is 5.61. The molecular formula is C21H27N3O3. The Balaban J connectivity index is 1.36. The van der Waals surface area contributed by atoms with Crippen molar-refractivity contribution in [2.75, 3.05) is 26.7 Å². The van der Waals surface area contributed by atoms with Crippen molar-refractivity contribution in [2.24, 2.45) is 5.92 Å². The normalized spacial score (nSPS) is 22.5. The average Bonchev–Trinajstić information content (AvgIpc) is 3.07. The highest BCUT2D eigenvalue weighted by atomic mass is 16.5. The van der Waals surface area contributed by atoms with Crippen molar-refractivity contribution in [1.82, 2.24) is 15.1 Å². The van der Waals surface area contributed by atoms with E-state index in [9.17, 15) is 4.79 Å². The maximum Gasteiger partial charge on any atom is 0.318 e. The number of piperidine rings is 1. The summed E-state index contributed by atoms with van der Waals surface area (Å²) in [6.45, 7) is 4.17. The molecule has 0 saturated carbocycles. The molecule has 0 radical (unpaired) electrons. The Hall–Kier alpha value is -2.47. The van der Waals surface area contributed by atoms with Crippen molar-refractivity contribution in [3.63, 3.8) is 0 Å². The summed E-state index contributed by atoms with van der Waals surface area (Å²) in [4.78, 5) is 17.2. The van der Waals surface area contributed by atoms with Gasteiger partial charge in [0.25, 0.3) is 0 Å². The summed E-state index contributed by atoms with van der Waals surface area (Å²) in [7, 11) is 1.69. The predicted octanol–water partition coefficient (Wildman–Crippen LogP) is 3.09. The number of hydrogen-bond acceptors (Lipinski definition) is 4. The number of carbonyl (C=O) groups excluding carboxylic acids is 1. The number of benzene rings is 1. The van der Waals surface area contributed by atoms with Crippen LogP contribution in [0.1, 0.15) is 24.2 Å². The van der Waals surface area contributed by atoms with Crippen LogP contribution in [-0.2, 0) is 13.1 Å². The number of fused-ring (bicyclic) bond motifs is 4. The average molecular weight is 369 g/mol. The molecule has 2 amide bonds. The SMILES string of the molecule is COc1ccc(CN2CC3CCC(C2)N(C(=O)NCc2ccco2)C3)cc1. The Bertz CT molecular complexity index is 745. The molecule has 2 atom stereocenters. The largest absolute Gasteiger partial charge is 0.497 e. The van der Waals surface area contributed by atoms with Crippen molar-refractivity contribution in [2.45, 2.75) is 32.0 Å². The van der Waals surface area contributed by atoms with Gasteiger partial charge >= 0.3 is 6.03 Å². The summed E-state index contributed by atoms with van der Waals surface area (Å²) >= 11 is 0. The first kappa shape index (κ1) is 17.9. The number of nitrogens with one attached hydrogen (secondary N) is 1. The van der Waals surface area contributed by atoms with Crippen LogP contribution in [-0.4, -0.2) is 48.6 Å². The van der Waals surface area contributed by atoms with Gasteiger partial charge in [-0.2, -0.15) is 0 Å². The molecule has 1 aromatic heterocycles. The Morgan fingerprint density at radius 3 is 2.78 bits per heavy atom. The van der Waals surface area contributed by atoms with Crippen LogP contribution in [0.4, 0.5) is 4.79 Å². The van der Waals surface area contributed by atoms with Crippen molar-refractivity contribution >= 4 is 6.03 Å². The van der Waals surface area contributed by atoms with Crippen molar-refractivity contribution in [1.29, 1.82) is 0 Å². The molecule has 5 rings (SSSR count). The number of furan rings is 1. The van der Waals surface area contributed by atoms with E-state index in [1.807, 2.05) is 29.2 Å². The van der Waals surface area contributed by atoms with E-state index in [0.717, 1.165) is 44.1 Å². The summed E-state index contributed by atoms with van der Waals surface area (Å²) < 4.78 is 10.5. The molecule has 6 heteroatoms. The van der Waals surface area contributed by atoms with E-state index in [1.165, 1.54) is 12.0 Å². The van der Waals surface area contributed by atoms with E-state index >= 15 is 0 Å². The number of carbonyl (C=O) groups is 1. The van der Waals surface area contributed by atoms with Gasteiger partial charge in [0.15, 0.2) is 0 Å². The van der Waals surface area contributed by atoms with Gasteiger partial charge in [-0.05, 0) is 48.6 Å². The second-order valence-corrected chi connectivity index (χ2v) is 7.53. The molecule has 3 saturated heterocycles. The number of nitrogens with zero attached hydrogens (tertiary/aromatic N) is 2. The number of methoxy groups -OCH3 is 1. The smallest absolute Gasteiger partial charge is 0.318 e. The standard InChI is InChI=1S/C21H27N3O3/c1-26-19-8-5-16(6-9-19)12-23-13-17-4-7-18(15-23)24(14-17)21(25)22-11-20-3-2-10-27-20/h2-3,5-6,8-10,17-18H,4,7,11-15H2,1H3,(H,22,25). The fourth-order valence-corrected chi connectivity index (χ4v) is 4.22. The first-order valence-corrected chi connectivity index (χ1v) is 9.63. The number of amides is 2. The second-order valence-electron chi connectivity index (χ2n) is 7.53. The summed E-state index contributed by atoms with van der Waals surface area (Å²) in [5, 5.41) is 3.01. The molecule has 2 bridgehead atoms. The van der Waals surface area contributed by atoms with Gasteiger partial charge < -0.3 is 19.4 Å². The molecule has 1 aromatic carbocycles. The molecule has 6 nitrogen and oxygen atoms in total. The van der Waals surface area contributed by atoms with Crippen LogP contribution in [0.15, 0.2) is 47.1 Å². The van der Waals surface area contributed by atoms with E-state index in [4.69, 9.17) is 9.15 Å². The van der Waals surface area contributed by atoms with Crippen LogP contribution in [0, 0.1) is 5.92 Å². The molecule has 3 fully saturated rings. The zero-order valence-electron chi connectivity index (χ0n) is 15.8. The second kappa shape index (κ2) is 8.05. The molecule has 1 N–H and O–H groups in total. The minimum Gasteiger partial charge on any atom is -0.497 e. The van der Waals surface area contributed by atoms with E-state index in [-0.39, 0.29) is 12.1 Å².